The van der Waals surface area contributed by atoms with E-state index in [2.05, 4.69) is 43.8 Å². The van der Waals surface area contributed by atoms with Crippen molar-refractivity contribution in [3.63, 3.8) is 0 Å². The average molecular weight is 563 g/mol. The topological polar surface area (TPSA) is 46.5 Å². The Morgan fingerprint density at radius 2 is 1.59 bits per heavy atom. The van der Waals surface area contributed by atoms with Gasteiger partial charge in [-0.3, -0.25) is 0 Å². The lowest BCUT2D eigenvalue weighted by atomic mass is 9.73. The summed E-state index contributed by atoms with van der Waals surface area (Å²) in [6, 6.07) is 14.5. The van der Waals surface area contributed by atoms with E-state index in [4.69, 9.17) is 4.74 Å². The molecule has 2 aromatic carbocycles. The minimum Gasteiger partial charge on any atom is -0.462 e. The zero-order valence-electron chi connectivity index (χ0n) is 25.4. The third kappa shape index (κ3) is 8.77. The van der Waals surface area contributed by atoms with Gasteiger partial charge in [0, 0.05) is 17.7 Å². The van der Waals surface area contributed by atoms with Crippen molar-refractivity contribution >= 4 is 5.97 Å². The molecule has 0 heterocycles. The molecule has 2 fully saturated rings. The molecule has 4 rings (SSSR count). The summed E-state index contributed by atoms with van der Waals surface area (Å²) < 4.78 is 20.8. The Morgan fingerprint density at radius 1 is 0.951 bits per heavy atom. The summed E-state index contributed by atoms with van der Waals surface area (Å²) in [5.41, 5.74) is 4.50. The molecular weight excluding hydrogens is 511 g/mol. The van der Waals surface area contributed by atoms with Crippen LogP contribution in [0.3, 0.4) is 0 Å². The molecule has 0 spiro atoms. The van der Waals surface area contributed by atoms with Gasteiger partial charge in [0.15, 0.2) is 0 Å². The van der Waals surface area contributed by atoms with Gasteiger partial charge in [0.25, 0.3) is 0 Å². The lowest BCUT2D eigenvalue weighted by Gasteiger charge is -2.34. The summed E-state index contributed by atoms with van der Waals surface area (Å²) in [5.74, 6) is 1.92. The molecule has 0 bridgehead atoms. The summed E-state index contributed by atoms with van der Waals surface area (Å²) in [6.07, 6.45) is 15.3. The van der Waals surface area contributed by atoms with E-state index in [0.717, 1.165) is 42.7 Å². The van der Waals surface area contributed by atoms with Crippen molar-refractivity contribution in [2.45, 2.75) is 109 Å². The van der Waals surface area contributed by atoms with Gasteiger partial charge in [0.2, 0.25) is 0 Å². The molecule has 2 aliphatic carbocycles. The predicted molar refractivity (Wildman–Crippen MR) is 166 cm³/mol. The first-order chi connectivity index (χ1) is 19.9. The molecule has 2 aromatic rings. The van der Waals surface area contributed by atoms with Crippen molar-refractivity contribution in [1.29, 1.82) is 0 Å². The molecule has 0 aliphatic heterocycles. The largest absolute Gasteiger partial charge is 0.462 e. The Bertz CT molecular complexity index is 1110. The van der Waals surface area contributed by atoms with Crippen LogP contribution in [0.1, 0.15) is 120 Å². The molecule has 1 unspecified atom stereocenters. The van der Waals surface area contributed by atoms with Crippen molar-refractivity contribution in [1.82, 2.24) is 0 Å². The van der Waals surface area contributed by atoms with Crippen LogP contribution in [0.2, 0.25) is 0 Å². The van der Waals surface area contributed by atoms with Crippen LogP contribution in [-0.2, 0) is 9.53 Å². The van der Waals surface area contributed by atoms with Gasteiger partial charge in [-0.05, 0) is 117 Å². The second kappa shape index (κ2) is 15.7. The number of aliphatic hydroxyl groups excluding tert-OH is 1. The Labute approximate surface area is 247 Å². The monoisotopic (exact) mass is 562 g/mol. The zero-order chi connectivity index (χ0) is 29.2. The summed E-state index contributed by atoms with van der Waals surface area (Å²) in [7, 11) is 0. The Kier molecular flexibility index (Phi) is 12.0. The van der Waals surface area contributed by atoms with E-state index < -0.39 is 0 Å². The predicted octanol–water partition coefficient (Wildman–Crippen LogP) is 9.74. The zero-order valence-corrected chi connectivity index (χ0v) is 25.4. The number of halogens is 1. The van der Waals surface area contributed by atoms with Gasteiger partial charge in [-0.1, -0.05) is 75.6 Å². The molecule has 2 aliphatic rings. The number of rotatable bonds is 13. The Hall–Kier alpha value is -2.46. The summed E-state index contributed by atoms with van der Waals surface area (Å²) >= 11 is 0. The van der Waals surface area contributed by atoms with E-state index >= 15 is 4.39 Å². The number of unbranched alkanes of at least 4 members (excludes halogenated alkanes) is 2. The highest BCUT2D eigenvalue weighted by Crippen LogP contribution is 2.41. The molecule has 1 atom stereocenters. The molecule has 0 radical (unpaired) electrons. The minimum atomic E-state index is -0.368. The van der Waals surface area contributed by atoms with E-state index in [1.807, 2.05) is 6.07 Å². The number of carbonyl (C=O) groups excluding carboxylic acids is 1. The summed E-state index contributed by atoms with van der Waals surface area (Å²) in [4.78, 5) is 11.9. The Balaban J connectivity index is 1.30. The van der Waals surface area contributed by atoms with E-state index in [9.17, 15) is 9.90 Å². The quantitative estimate of drug-likeness (QED) is 0.150. The lowest BCUT2D eigenvalue weighted by molar-refractivity contribution is -0.141. The van der Waals surface area contributed by atoms with Gasteiger partial charge in [-0.15, -0.1) is 0 Å². The van der Waals surface area contributed by atoms with Crippen molar-refractivity contribution < 1.29 is 19.0 Å². The van der Waals surface area contributed by atoms with Crippen LogP contribution < -0.4 is 0 Å². The van der Waals surface area contributed by atoms with Crippen molar-refractivity contribution in [3.05, 3.63) is 71.6 Å². The molecule has 0 amide bonds. The maximum absolute atomic E-state index is 15.4. The standard InChI is InChI=1S/C37H51FO3/c1-4-5-6-7-27-8-10-28(11-9-27)29-16-18-32(19-17-29)35-21-20-33(24-36(35)38)30-12-14-31(15-13-30)34(22-23-39)25-41-37(40)26(2)3/h16-21,24,27-28,30-31,34,39H,2,4-15,22-23,25H2,1,3H3. The number of benzene rings is 2. The van der Waals surface area contributed by atoms with Gasteiger partial charge in [0.1, 0.15) is 5.82 Å². The lowest BCUT2D eigenvalue weighted by Crippen LogP contribution is -2.27. The molecule has 41 heavy (non-hydrogen) atoms. The van der Waals surface area contributed by atoms with E-state index in [0.29, 0.717) is 41.9 Å². The SMILES string of the molecule is C=C(C)C(=O)OCC(CCO)C1CCC(c2ccc(-c3ccc(C4CCC(CCCCC)CC4)cc3)c(F)c2)CC1. The second-order valence-electron chi connectivity index (χ2n) is 12.8. The maximum Gasteiger partial charge on any atom is 0.333 e. The van der Waals surface area contributed by atoms with Gasteiger partial charge in [0.05, 0.1) is 6.61 Å². The van der Waals surface area contributed by atoms with E-state index in [1.54, 1.807) is 13.0 Å². The van der Waals surface area contributed by atoms with Crippen molar-refractivity contribution in [2.75, 3.05) is 13.2 Å². The van der Waals surface area contributed by atoms with Crippen LogP contribution in [0, 0.1) is 23.6 Å². The first kappa shape index (κ1) is 31.5. The first-order valence-electron chi connectivity index (χ1n) is 16.2. The van der Waals surface area contributed by atoms with Crippen LogP contribution in [0.4, 0.5) is 4.39 Å². The number of ether oxygens (including phenoxy) is 1. The first-order valence-corrected chi connectivity index (χ1v) is 16.2. The van der Waals surface area contributed by atoms with Gasteiger partial charge < -0.3 is 9.84 Å². The van der Waals surface area contributed by atoms with E-state index in [-0.39, 0.29) is 24.3 Å². The normalized spacial score (nSPS) is 23.6. The van der Waals surface area contributed by atoms with Crippen LogP contribution in [0.15, 0.2) is 54.6 Å². The fourth-order valence-corrected chi connectivity index (χ4v) is 7.27. The molecule has 0 saturated heterocycles. The molecule has 0 aromatic heterocycles. The number of hydrogen-bond acceptors (Lipinski definition) is 3. The molecule has 2 saturated carbocycles. The van der Waals surface area contributed by atoms with E-state index in [1.165, 1.54) is 56.9 Å². The van der Waals surface area contributed by atoms with Gasteiger partial charge in [-0.25, -0.2) is 9.18 Å². The molecule has 4 heteroatoms. The third-order valence-electron chi connectivity index (χ3n) is 9.94. The maximum atomic E-state index is 15.4. The van der Waals surface area contributed by atoms with Crippen LogP contribution in [-0.4, -0.2) is 24.3 Å². The summed E-state index contributed by atoms with van der Waals surface area (Å²) in [5, 5.41) is 9.55. The third-order valence-corrected chi connectivity index (χ3v) is 9.94. The van der Waals surface area contributed by atoms with Crippen LogP contribution in [0.25, 0.3) is 11.1 Å². The molecular formula is C37H51FO3. The van der Waals surface area contributed by atoms with Gasteiger partial charge >= 0.3 is 5.97 Å². The second-order valence-corrected chi connectivity index (χ2v) is 12.8. The number of carbonyl (C=O) groups is 1. The highest BCUT2D eigenvalue weighted by molar-refractivity contribution is 5.86. The highest BCUT2D eigenvalue weighted by atomic mass is 19.1. The van der Waals surface area contributed by atoms with Gasteiger partial charge in [-0.2, -0.15) is 0 Å². The fourth-order valence-electron chi connectivity index (χ4n) is 7.27. The number of aliphatic hydroxyl groups is 1. The smallest absolute Gasteiger partial charge is 0.333 e. The molecule has 3 nitrogen and oxygen atoms in total. The molecule has 224 valence electrons. The minimum absolute atomic E-state index is 0.0864. The van der Waals surface area contributed by atoms with Crippen LogP contribution in [0.5, 0.6) is 0 Å². The van der Waals surface area contributed by atoms with Crippen molar-refractivity contribution in [2.24, 2.45) is 17.8 Å². The highest BCUT2D eigenvalue weighted by Gasteiger charge is 2.29. The number of hydrogen-bond donors (Lipinski definition) is 1. The Morgan fingerprint density at radius 3 is 2.20 bits per heavy atom. The summed E-state index contributed by atoms with van der Waals surface area (Å²) in [6.45, 7) is 7.98. The van der Waals surface area contributed by atoms with Crippen LogP contribution >= 0.6 is 0 Å². The number of esters is 1. The fraction of sp³-hybridized carbons (Fsp3) is 0.595. The van der Waals surface area contributed by atoms with Crippen molar-refractivity contribution in [3.8, 4) is 11.1 Å². The molecule has 1 N–H and O–H groups in total. The average Bonchev–Trinajstić information content (AvgIpc) is 3.00.